The lowest BCUT2D eigenvalue weighted by molar-refractivity contribution is -0.147. The fourth-order valence-electron chi connectivity index (χ4n) is 1.87. The Kier molecular flexibility index (Phi) is 4.35. The van der Waals surface area contributed by atoms with E-state index in [1.54, 1.807) is 0 Å². The highest BCUT2D eigenvalue weighted by molar-refractivity contribution is 5.76. The number of carbonyl (C=O) groups excluding carboxylic acids is 1. The van der Waals surface area contributed by atoms with E-state index in [9.17, 15) is 4.79 Å². The van der Waals surface area contributed by atoms with Crippen LogP contribution in [0.1, 0.15) is 20.3 Å². The number of esters is 1. The van der Waals surface area contributed by atoms with Crippen molar-refractivity contribution in [2.75, 3.05) is 26.7 Å². The van der Waals surface area contributed by atoms with E-state index in [0.717, 1.165) is 19.5 Å². The second kappa shape index (κ2) is 5.32. The molecule has 0 amide bonds. The first-order valence-corrected chi connectivity index (χ1v) is 5.21. The first kappa shape index (κ1) is 11.5. The van der Waals surface area contributed by atoms with Gasteiger partial charge in [0.2, 0.25) is 0 Å². The van der Waals surface area contributed by atoms with Crippen LogP contribution in [-0.4, -0.2) is 49.7 Å². The maximum Gasteiger partial charge on any atom is 0.324 e. The summed E-state index contributed by atoms with van der Waals surface area (Å²) in [5, 5.41) is 3.25. The molecule has 4 heteroatoms. The molecule has 0 aromatic heterocycles. The van der Waals surface area contributed by atoms with Gasteiger partial charge in [-0.05, 0) is 26.8 Å². The molecular formula is C10H20N2O2. The average molecular weight is 200 g/mol. The van der Waals surface area contributed by atoms with Crippen LogP contribution in [-0.2, 0) is 9.53 Å². The van der Waals surface area contributed by atoms with Gasteiger partial charge in [0.1, 0.15) is 6.04 Å². The molecule has 4 nitrogen and oxygen atoms in total. The van der Waals surface area contributed by atoms with Crippen molar-refractivity contribution in [1.29, 1.82) is 0 Å². The Morgan fingerprint density at radius 3 is 2.86 bits per heavy atom. The summed E-state index contributed by atoms with van der Waals surface area (Å²) in [6.07, 6.45) is 1.09. The Hall–Kier alpha value is -0.610. The topological polar surface area (TPSA) is 41.6 Å². The molecule has 1 atom stereocenters. The number of hydrogen-bond acceptors (Lipinski definition) is 4. The van der Waals surface area contributed by atoms with Crippen LogP contribution in [0, 0.1) is 0 Å². The van der Waals surface area contributed by atoms with Crippen LogP contribution in [0.25, 0.3) is 0 Å². The molecule has 1 fully saturated rings. The van der Waals surface area contributed by atoms with Crippen LogP contribution in [0.4, 0.5) is 0 Å². The third-order valence-electron chi connectivity index (χ3n) is 2.64. The first-order valence-electron chi connectivity index (χ1n) is 5.21. The van der Waals surface area contributed by atoms with Gasteiger partial charge in [-0.15, -0.1) is 0 Å². The Morgan fingerprint density at radius 1 is 1.57 bits per heavy atom. The fraction of sp³-hybridized carbons (Fsp3) is 0.900. The molecule has 14 heavy (non-hydrogen) atoms. The van der Waals surface area contributed by atoms with Crippen molar-refractivity contribution in [2.45, 2.75) is 32.4 Å². The lowest BCUT2D eigenvalue weighted by Gasteiger charge is -2.30. The molecule has 1 saturated heterocycles. The van der Waals surface area contributed by atoms with Crippen LogP contribution in [0.5, 0.6) is 0 Å². The summed E-state index contributed by atoms with van der Waals surface area (Å²) < 4.78 is 4.81. The molecule has 1 aliphatic heterocycles. The lowest BCUT2D eigenvalue weighted by Crippen LogP contribution is -2.49. The zero-order chi connectivity index (χ0) is 10.6. The number of nitrogens with one attached hydrogen (secondary N) is 1. The van der Waals surface area contributed by atoms with Gasteiger partial charge < -0.3 is 10.1 Å². The van der Waals surface area contributed by atoms with Gasteiger partial charge in [-0.2, -0.15) is 0 Å². The number of hydrogen-bond donors (Lipinski definition) is 1. The predicted octanol–water partition coefficient (Wildman–Crippen LogP) is 0.232. The standard InChI is InChI=1S/C10H20N2O2/c1-8(2)12-6-4-5-11-7-9(12)10(13)14-3/h8-9,11H,4-7H2,1-3H3. The highest BCUT2D eigenvalue weighted by Crippen LogP contribution is 2.10. The number of ether oxygens (including phenoxy) is 1. The van der Waals surface area contributed by atoms with E-state index < -0.39 is 0 Å². The lowest BCUT2D eigenvalue weighted by atomic mass is 10.2. The SMILES string of the molecule is COC(=O)C1CNCCCN1C(C)C. The number of nitrogens with zero attached hydrogens (tertiary/aromatic N) is 1. The molecule has 0 aromatic rings. The van der Waals surface area contributed by atoms with E-state index >= 15 is 0 Å². The third-order valence-corrected chi connectivity index (χ3v) is 2.64. The number of methoxy groups -OCH3 is 1. The summed E-state index contributed by atoms with van der Waals surface area (Å²) >= 11 is 0. The normalized spacial score (nSPS) is 24.7. The highest BCUT2D eigenvalue weighted by atomic mass is 16.5. The van der Waals surface area contributed by atoms with Gasteiger partial charge >= 0.3 is 5.97 Å². The van der Waals surface area contributed by atoms with Crippen LogP contribution in [0.3, 0.4) is 0 Å². The Bertz CT molecular complexity index is 195. The largest absolute Gasteiger partial charge is 0.468 e. The van der Waals surface area contributed by atoms with E-state index in [2.05, 4.69) is 24.1 Å². The summed E-state index contributed by atoms with van der Waals surface area (Å²) in [6.45, 7) is 6.87. The van der Waals surface area contributed by atoms with Gasteiger partial charge in [0, 0.05) is 19.1 Å². The molecule has 0 aliphatic carbocycles. The zero-order valence-corrected chi connectivity index (χ0v) is 9.25. The molecule has 1 N–H and O–H groups in total. The summed E-state index contributed by atoms with van der Waals surface area (Å²) in [4.78, 5) is 13.7. The predicted molar refractivity (Wildman–Crippen MR) is 55.1 cm³/mol. The van der Waals surface area contributed by atoms with Crippen molar-refractivity contribution in [3.63, 3.8) is 0 Å². The minimum atomic E-state index is -0.131. The molecule has 82 valence electrons. The summed E-state index contributed by atoms with van der Waals surface area (Å²) in [6, 6.07) is 0.265. The average Bonchev–Trinajstić information content (AvgIpc) is 2.41. The molecule has 1 rings (SSSR count). The van der Waals surface area contributed by atoms with Crippen molar-refractivity contribution in [1.82, 2.24) is 10.2 Å². The molecular weight excluding hydrogens is 180 g/mol. The molecule has 1 heterocycles. The van der Waals surface area contributed by atoms with E-state index in [4.69, 9.17) is 4.74 Å². The molecule has 1 aliphatic rings. The zero-order valence-electron chi connectivity index (χ0n) is 9.25. The maximum atomic E-state index is 11.5. The molecule has 0 saturated carbocycles. The molecule has 0 radical (unpaired) electrons. The summed E-state index contributed by atoms with van der Waals surface area (Å²) in [7, 11) is 1.45. The first-order chi connectivity index (χ1) is 6.66. The van der Waals surface area contributed by atoms with Crippen LogP contribution in [0.15, 0.2) is 0 Å². The minimum Gasteiger partial charge on any atom is -0.468 e. The van der Waals surface area contributed by atoms with Crippen LogP contribution < -0.4 is 5.32 Å². The van der Waals surface area contributed by atoms with Gasteiger partial charge in [-0.25, -0.2) is 0 Å². The maximum absolute atomic E-state index is 11.5. The third kappa shape index (κ3) is 2.69. The second-order valence-corrected chi connectivity index (χ2v) is 3.93. The van der Waals surface area contributed by atoms with Gasteiger partial charge in [-0.1, -0.05) is 0 Å². The Labute approximate surface area is 85.6 Å². The Balaban J connectivity index is 2.68. The highest BCUT2D eigenvalue weighted by Gasteiger charge is 2.29. The minimum absolute atomic E-state index is 0.123. The van der Waals surface area contributed by atoms with Crippen LogP contribution in [0.2, 0.25) is 0 Å². The van der Waals surface area contributed by atoms with Crippen molar-refractivity contribution in [2.24, 2.45) is 0 Å². The van der Waals surface area contributed by atoms with Crippen molar-refractivity contribution in [3.05, 3.63) is 0 Å². The summed E-state index contributed by atoms with van der Waals surface area (Å²) in [5.41, 5.74) is 0. The van der Waals surface area contributed by atoms with Gasteiger partial charge in [0.15, 0.2) is 0 Å². The second-order valence-electron chi connectivity index (χ2n) is 3.93. The van der Waals surface area contributed by atoms with Crippen molar-refractivity contribution >= 4 is 5.97 Å². The molecule has 1 unspecified atom stereocenters. The molecule has 0 aromatic carbocycles. The monoisotopic (exact) mass is 200 g/mol. The summed E-state index contributed by atoms with van der Waals surface area (Å²) in [5.74, 6) is -0.131. The van der Waals surface area contributed by atoms with E-state index in [-0.39, 0.29) is 12.0 Å². The quantitative estimate of drug-likeness (QED) is 0.648. The van der Waals surface area contributed by atoms with E-state index in [1.165, 1.54) is 7.11 Å². The molecule has 0 spiro atoms. The number of rotatable bonds is 2. The van der Waals surface area contributed by atoms with Gasteiger partial charge in [0.05, 0.1) is 7.11 Å². The molecule has 0 bridgehead atoms. The number of carbonyl (C=O) groups is 1. The van der Waals surface area contributed by atoms with Crippen molar-refractivity contribution < 1.29 is 9.53 Å². The van der Waals surface area contributed by atoms with E-state index in [1.807, 2.05) is 0 Å². The van der Waals surface area contributed by atoms with Gasteiger partial charge in [-0.3, -0.25) is 9.69 Å². The Morgan fingerprint density at radius 2 is 2.29 bits per heavy atom. The smallest absolute Gasteiger partial charge is 0.324 e. The van der Waals surface area contributed by atoms with Crippen molar-refractivity contribution in [3.8, 4) is 0 Å². The van der Waals surface area contributed by atoms with E-state index in [0.29, 0.717) is 12.6 Å². The van der Waals surface area contributed by atoms with Crippen LogP contribution >= 0.6 is 0 Å². The fourth-order valence-corrected chi connectivity index (χ4v) is 1.87. The van der Waals surface area contributed by atoms with Gasteiger partial charge in [0.25, 0.3) is 0 Å².